The lowest BCUT2D eigenvalue weighted by Gasteiger charge is -2.27. The first kappa shape index (κ1) is 11.7. The molecule has 0 spiro atoms. The van der Waals surface area contributed by atoms with Crippen LogP contribution in [-0.2, 0) is 4.79 Å². The predicted octanol–water partition coefficient (Wildman–Crippen LogP) is 2.94. The molecule has 2 atom stereocenters. The molecular formula is C15H18FNO. The smallest absolute Gasteiger partial charge is 0.226 e. The zero-order chi connectivity index (χ0) is 12.5. The van der Waals surface area contributed by atoms with Gasteiger partial charge in [0.15, 0.2) is 0 Å². The number of likely N-dealkylation sites (tertiary alicyclic amines) is 1. The van der Waals surface area contributed by atoms with Gasteiger partial charge < -0.3 is 4.90 Å². The summed E-state index contributed by atoms with van der Waals surface area (Å²) in [6, 6.07) is 6.83. The second-order valence-corrected chi connectivity index (χ2v) is 5.36. The Morgan fingerprint density at radius 1 is 1.17 bits per heavy atom. The molecular weight excluding hydrogens is 229 g/mol. The maximum absolute atomic E-state index is 13.6. The van der Waals surface area contributed by atoms with Crippen molar-refractivity contribution in [3.8, 4) is 0 Å². The molecule has 2 unspecified atom stereocenters. The number of halogens is 1. The minimum absolute atomic E-state index is 0.0278. The molecule has 1 amide bonds. The lowest BCUT2D eigenvalue weighted by Crippen LogP contribution is -2.36. The fraction of sp³-hybridized carbons (Fsp3) is 0.533. The first-order valence-corrected chi connectivity index (χ1v) is 6.80. The summed E-state index contributed by atoms with van der Waals surface area (Å²) in [6.45, 7) is 1.78. The van der Waals surface area contributed by atoms with E-state index in [2.05, 4.69) is 0 Å². The van der Waals surface area contributed by atoms with Gasteiger partial charge in [-0.15, -0.1) is 0 Å². The Morgan fingerprint density at radius 3 is 2.61 bits per heavy atom. The number of hydrogen-bond acceptors (Lipinski definition) is 1. The number of nitrogens with zero attached hydrogens (tertiary/aromatic N) is 1. The number of carbonyl (C=O) groups is 1. The molecule has 0 bridgehead atoms. The van der Waals surface area contributed by atoms with Crippen LogP contribution in [0.15, 0.2) is 24.3 Å². The van der Waals surface area contributed by atoms with Crippen molar-refractivity contribution in [2.45, 2.75) is 31.6 Å². The predicted molar refractivity (Wildman–Crippen MR) is 67.7 cm³/mol. The number of hydrogen-bond donors (Lipinski definition) is 0. The average molecular weight is 247 g/mol. The Morgan fingerprint density at radius 2 is 1.89 bits per heavy atom. The summed E-state index contributed by atoms with van der Waals surface area (Å²) in [5.41, 5.74) is 0.716. The van der Waals surface area contributed by atoms with Crippen LogP contribution < -0.4 is 0 Å². The van der Waals surface area contributed by atoms with Gasteiger partial charge in [0.2, 0.25) is 5.91 Å². The summed E-state index contributed by atoms with van der Waals surface area (Å²) in [4.78, 5) is 14.2. The molecule has 1 saturated heterocycles. The van der Waals surface area contributed by atoms with E-state index < -0.39 is 0 Å². The molecule has 1 aliphatic heterocycles. The second kappa shape index (κ2) is 4.71. The van der Waals surface area contributed by atoms with E-state index in [1.807, 2.05) is 17.0 Å². The lowest BCUT2D eigenvalue weighted by molar-refractivity contribution is -0.133. The zero-order valence-corrected chi connectivity index (χ0v) is 10.4. The van der Waals surface area contributed by atoms with E-state index in [9.17, 15) is 9.18 Å². The van der Waals surface area contributed by atoms with Crippen LogP contribution in [-0.4, -0.2) is 23.9 Å². The normalized spacial score (nSPS) is 27.1. The highest BCUT2D eigenvalue weighted by atomic mass is 19.1. The largest absolute Gasteiger partial charge is 0.342 e. The quantitative estimate of drug-likeness (QED) is 0.787. The fourth-order valence-corrected chi connectivity index (χ4v) is 2.94. The number of amides is 1. The first-order valence-electron chi connectivity index (χ1n) is 6.80. The molecule has 18 heavy (non-hydrogen) atoms. The Hall–Kier alpha value is -1.38. The summed E-state index contributed by atoms with van der Waals surface area (Å²) in [7, 11) is 0. The van der Waals surface area contributed by atoms with Gasteiger partial charge in [-0.05, 0) is 43.2 Å². The van der Waals surface area contributed by atoms with Gasteiger partial charge >= 0.3 is 0 Å². The van der Waals surface area contributed by atoms with Crippen LogP contribution in [0.3, 0.4) is 0 Å². The van der Waals surface area contributed by atoms with Crippen LogP contribution >= 0.6 is 0 Å². The molecule has 1 heterocycles. The summed E-state index contributed by atoms with van der Waals surface area (Å²) < 4.78 is 13.6. The molecule has 3 heteroatoms. The van der Waals surface area contributed by atoms with Crippen molar-refractivity contribution in [3.05, 3.63) is 35.6 Å². The van der Waals surface area contributed by atoms with Crippen molar-refractivity contribution in [2.24, 2.45) is 5.92 Å². The maximum Gasteiger partial charge on any atom is 0.226 e. The van der Waals surface area contributed by atoms with Crippen LogP contribution in [0.5, 0.6) is 0 Å². The third-order valence-corrected chi connectivity index (χ3v) is 4.08. The van der Waals surface area contributed by atoms with Crippen LogP contribution in [0, 0.1) is 11.7 Å². The van der Waals surface area contributed by atoms with E-state index in [-0.39, 0.29) is 23.6 Å². The lowest BCUT2D eigenvalue weighted by atomic mass is 10.1. The highest BCUT2D eigenvalue weighted by Gasteiger charge is 2.46. The number of piperidine rings is 1. The monoisotopic (exact) mass is 247 g/mol. The van der Waals surface area contributed by atoms with E-state index in [0.717, 1.165) is 32.4 Å². The molecule has 3 rings (SSSR count). The third kappa shape index (κ3) is 2.14. The minimum atomic E-state index is -0.170. The number of rotatable bonds is 2. The van der Waals surface area contributed by atoms with Gasteiger partial charge in [-0.3, -0.25) is 4.79 Å². The Kier molecular flexibility index (Phi) is 3.06. The fourth-order valence-electron chi connectivity index (χ4n) is 2.94. The minimum Gasteiger partial charge on any atom is -0.342 e. The average Bonchev–Trinajstić information content (AvgIpc) is 3.20. The summed E-state index contributed by atoms with van der Waals surface area (Å²) in [5.74, 6) is 0.208. The van der Waals surface area contributed by atoms with Gasteiger partial charge in [-0.2, -0.15) is 0 Å². The van der Waals surface area contributed by atoms with E-state index >= 15 is 0 Å². The zero-order valence-electron chi connectivity index (χ0n) is 10.4. The van der Waals surface area contributed by atoms with Crippen molar-refractivity contribution in [1.82, 2.24) is 4.90 Å². The molecule has 1 aliphatic carbocycles. The Bertz CT molecular complexity index is 454. The van der Waals surface area contributed by atoms with Crippen molar-refractivity contribution in [3.63, 3.8) is 0 Å². The molecule has 1 saturated carbocycles. The molecule has 2 aliphatic rings. The van der Waals surface area contributed by atoms with Gasteiger partial charge in [0.25, 0.3) is 0 Å². The number of benzene rings is 1. The van der Waals surface area contributed by atoms with E-state index in [1.54, 1.807) is 6.07 Å². The van der Waals surface area contributed by atoms with Gasteiger partial charge in [0.1, 0.15) is 5.82 Å². The van der Waals surface area contributed by atoms with E-state index in [4.69, 9.17) is 0 Å². The summed E-state index contributed by atoms with van der Waals surface area (Å²) >= 11 is 0. The van der Waals surface area contributed by atoms with Crippen molar-refractivity contribution >= 4 is 5.91 Å². The summed E-state index contributed by atoms with van der Waals surface area (Å²) in [6.07, 6.45) is 4.27. The Labute approximate surface area is 107 Å². The topological polar surface area (TPSA) is 20.3 Å². The van der Waals surface area contributed by atoms with Crippen molar-refractivity contribution in [2.75, 3.05) is 13.1 Å². The number of carbonyl (C=O) groups excluding carboxylic acids is 1. The molecule has 96 valence electrons. The standard InChI is InChI=1S/C15H18FNO/c16-14-7-3-2-6-11(14)12-10-13(12)15(18)17-8-4-1-5-9-17/h2-3,6-7,12-13H,1,4-5,8-10H2. The molecule has 2 fully saturated rings. The van der Waals surface area contributed by atoms with Gasteiger partial charge in [0, 0.05) is 19.0 Å². The third-order valence-electron chi connectivity index (χ3n) is 4.08. The van der Waals surface area contributed by atoms with Crippen molar-refractivity contribution < 1.29 is 9.18 Å². The highest BCUT2D eigenvalue weighted by molar-refractivity contribution is 5.83. The van der Waals surface area contributed by atoms with Gasteiger partial charge in [-0.25, -0.2) is 4.39 Å². The van der Waals surface area contributed by atoms with E-state index in [1.165, 1.54) is 12.5 Å². The van der Waals surface area contributed by atoms with Crippen LogP contribution in [0.25, 0.3) is 0 Å². The van der Waals surface area contributed by atoms with E-state index in [0.29, 0.717) is 5.56 Å². The second-order valence-electron chi connectivity index (χ2n) is 5.36. The molecule has 1 aromatic carbocycles. The maximum atomic E-state index is 13.6. The van der Waals surface area contributed by atoms with Gasteiger partial charge in [0.05, 0.1) is 0 Å². The first-order chi connectivity index (χ1) is 8.77. The molecule has 0 N–H and O–H groups in total. The Balaban J connectivity index is 1.67. The van der Waals surface area contributed by atoms with Crippen LogP contribution in [0.2, 0.25) is 0 Å². The van der Waals surface area contributed by atoms with Crippen molar-refractivity contribution in [1.29, 1.82) is 0 Å². The van der Waals surface area contributed by atoms with Crippen LogP contribution in [0.4, 0.5) is 4.39 Å². The van der Waals surface area contributed by atoms with Crippen LogP contribution in [0.1, 0.15) is 37.2 Å². The van der Waals surface area contributed by atoms with Gasteiger partial charge in [-0.1, -0.05) is 18.2 Å². The summed E-state index contributed by atoms with van der Waals surface area (Å²) in [5, 5.41) is 0. The molecule has 0 aromatic heterocycles. The molecule has 1 aromatic rings. The molecule has 0 radical (unpaired) electrons. The highest BCUT2D eigenvalue weighted by Crippen LogP contribution is 2.49. The molecule has 2 nitrogen and oxygen atoms in total. The SMILES string of the molecule is O=C(C1CC1c1ccccc1F)N1CCCCC1.